The quantitative estimate of drug-likeness (QED) is 0.801. The van der Waals surface area contributed by atoms with Gasteiger partial charge in [0.2, 0.25) is 0 Å². The van der Waals surface area contributed by atoms with Crippen LogP contribution in [0.5, 0.6) is 0 Å². The van der Waals surface area contributed by atoms with Gasteiger partial charge in [0.25, 0.3) is 5.91 Å². The van der Waals surface area contributed by atoms with E-state index in [9.17, 15) is 4.79 Å². The first-order valence-corrected chi connectivity index (χ1v) is 6.31. The lowest BCUT2D eigenvalue weighted by molar-refractivity contribution is 0.0953. The minimum absolute atomic E-state index is 0.0685. The SMILES string of the molecule is NCCCNC(=O)c1ccc(-c2ccccn2)cc1. The number of carbonyl (C=O) groups is 1. The van der Waals surface area contributed by atoms with Crippen molar-refractivity contribution in [2.75, 3.05) is 13.1 Å². The topological polar surface area (TPSA) is 68.0 Å². The number of amides is 1. The summed E-state index contributed by atoms with van der Waals surface area (Å²) in [5.74, 6) is -0.0685. The van der Waals surface area contributed by atoms with Crippen LogP contribution in [0.15, 0.2) is 48.7 Å². The van der Waals surface area contributed by atoms with Crippen LogP contribution in [0.4, 0.5) is 0 Å². The maximum Gasteiger partial charge on any atom is 0.251 e. The number of pyridine rings is 1. The Morgan fingerprint density at radius 2 is 1.95 bits per heavy atom. The van der Waals surface area contributed by atoms with Crippen molar-refractivity contribution in [3.05, 3.63) is 54.2 Å². The van der Waals surface area contributed by atoms with Gasteiger partial charge in [0.05, 0.1) is 5.69 Å². The molecule has 1 heterocycles. The monoisotopic (exact) mass is 255 g/mol. The maximum absolute atomic E-state index is 11.8. The van der Waals surface area contributed by atoms with Crippen molar-refractivity contribution < 1.29 is 4.79 Å². The molecule has 0 saturated carbocycles. The first-order chi connectivity index (χ1) is 9.31. The Hall–Kier alpha value is -2.20. The number of carbonyl (C=O) groups excluding carboxylic acids is 1. The van der Waals surface area contributed by atoms with Crippen LogP contribution >= 0.6 is 0 Å². The molecule has 0 spiro atoms. The lowest BCUT2D eigenvalue weighted by atomic mass is 10.1. The number of hydrogen-bond donors (Lipinski definition) is 2. The molecule has 1 aromatic carbocycles. The van der Waals surface area contributed by atoms with Crippen LogP contribution in [0.1, 0.15) is 16.8 Å². The molecular weight excluding hydrogens is 238 g/mol. The molecule has 0 atom stereocenters. The minimum Gasteiger partial charge on any atom is -0.352 e. The van der Waals surface area contributed by atoms with Gasteiger partial charge in [-0.05, 0) is 37.2 Å². The highest BCUT2D eigenvalue weighted by atomic mass is 16.1. The highest BCUT2D eigenvalue weighted by Crippen LogP contribution is 2.16. The Kier molecular flexibility index (Phi) is 4.64. The molecule has 0 aliphatic carbocycles. The molecule has 4 heteroatoms. The number of rotatable bonds is 5. The average molecular weight is 255 g/mol. The van der Waals surface area contributed by atoms with Crippen LogP contribution in [0.25, 0.3) is 11.3 Å². The van der Waals surface area contributed by atoms with Gasteiger partial charge in [-0.2, -0.15) is 0 Å². The van der Waals surface area contributed by atoms with Crippen molar-refractivity contribution in [1.29, 1.82) is 0 Å². The van der Waals surface area contributed by atoms with Gasteiger partial charge in [0.1, 0.15) is 0 Å². The largest absolute Gasteiger partial charge is 0.352 e. The summed E-state index contributed by atoms with van der Waals surface area (Å²) in [4.78, 5) is 16.1. The molecule has 19 heavy (non-hydrogen) atoms. The molecule has 0 unspecified atom stereocenters. The Morgan fingerprint density at radius 1 is 1.16 bits per heavy atom. The van der Waals surface area contributed by atoms with Crippen LogP contribution in [0, 0.1) is 0 Å². The molecular formula is C15H17N3O. The lowest BCUT2D eigenvalue weighted by Gasteiger charge is -2.05. The van der Waals surface area contributed by atoms with Crippen LogP contribution in [0.2, 0.25) is 0 Å². The number of hydrogen-bond acceptors (Lipinski definition) is 3. The third-order valence-corrected chi connectivity index (χ3v) is 2.77. The third kappa shape index (κ3) is 3.63. The highest BCUT2D eigenvalue weighted by molar-refractivity contribution is 5.94. The van der Waals surface area contributed by atoms with E-state index in [1.54, 1.807) is 6.20 Å². The van der Waals surface area contributed by atoms with Crippen LogP contribution < -0.4 is 11.1 Å². The predicted octanol–water partition coefficient (Wildman–Crippen LogP) is 1.83. The Bertz CT molecular complexity index is 523. The van der Waals surface area contributed by atoms with E-state index in [1.807, 2.05) is 42.5 Å². The summed E-state index contributed by atoms with van der Waals surface area (Å²) < 4.78 is 0. The third-order valence-electron chi connectivity index (χ3n) is 2.77. The van der Waals surface area contributed by atoms with Gasteiger partial charge in [-0.15, -0.1) is 0 Å². The maximum atomic E-state index is 11.8. The Labute approximate surface area is 112 Å². The molecule has 0 aliphatic rings. The molecule has 98 valence electrons. The van der Waals surface area contributed by atoms with Gasteiger partial charge < -0.3 is 11.1 Å². The number of nitrogens with zero attached hydrogens (tertiary/aromatic N) is 1. The molecule has 1 amide bonds. The number of nitrogens with two attached hydrogens (primary N) is 1. The zero-order valence-corrected chi connectivity index (χ0v) is 10.7. The summed E-state index contributed by atoms with van der Waals surface area (Å²) in [6, 6.07) is 13.2. The van der Waals surface area contributed by atoms with Crippen LogP contribution in [-0.2, 0) is 0 Å². The van der Waals surface area contributed by atoms with E-state index in [0.717, 1.165) is 17.7 Å². The van der Waals surface area contributed by atoms with Crippen molar-refractivity contribution in [2.45, 2.75) is 6.42 Å². The van der Waals surface area contributed by atoms with Gasteiger partial charge in [-0.1, -0.05) is 18.2 Å². The van der Waals surface area contributed by atoms with E-state index < -0.39 is 0 Å². The molecule has 0 saturated heterocycles. The molecule has 2 aromatic rings. The van der Waals surface area contributed by atoms with Crippen molar-refractivity contribution in [3.63, 3.8) is 0 Å². The molecule has 0 bridgehead atoms. The van der Waals surface area contributed by atoms with Crippen molar-refractivity contribution in [2.24, 2.45) is 5.73 Å². The summed E-state index contributed by atoms with van der Waals surface area (Å²) >= 11 is 0. The minimum atomic E-state index is -0.0685. The van der Waals surface area contributed by atoms with E-state index in [1.165, 1.54) is 0 Å². The van der Waals surface area contributed by atoms with Gasteiger partial charge in [0.15, 0.2) is 0 Å². The zero-order chi connectivity index (χ0) is 13.5. The molecule has 3 N–H and O–H groups in total. The van der Waals surface area contributed by atoms with Gasteiger partial charge in [-0.3, -0.25) is 9.78 Å². The van der Waals surface area contributed by atoms with E-state index in [0.29, 0.717) is 18.7 Å². The Morgan fingerprint density at radius 3 is 2.58 bits per heavy atom. The highest BCUT2D eigenvalue weighted by Gasteiger charge is 2.05. The fourth-order valence-corrected chi connectivity index (χ4v) is 1.73. The molecule has 1 aromatic heterocycles. The second kappa shape index (κ2) is 6.66. The summed E-state index contributed by atoms with van der Waals surface area (Å²) in [6.07, 6.45) is 2.54. The average Bonchev–Trinajstić information content (AvgIpc) is 2.48. The Balaban J connectivity index is 2.04. The fraction of sp³-hybridized carbons (Fsp3) is 0.200. The zero-order valence-electron chi connectivity index (χ0n) is 10.7. The van der Waals surface area contributed by atoms with Crippen LogP contribution in [-0.4, -0.2) is 24.0 Å². The number of aromatic nitrogens is 1. The van der Waals surface area contributed by atoms with Crippen LogP contribution in [0.3, 0.4) is 0 Å². The smallest absolute Gasteiger partial charge is 0.251 e. The summed E-state index contributed by atoms with van der Waals surface area (Å²) in [5, 5.41) is 2.82. The van der Waals surface area contributed by atoms with E-state index in [-0.39, 0.29) is 5.91 Å². The molecule has 0 fully saturated rings. The molecule has 2 rings (SSSR count). The second-order valence-corrected chi connectivity index (χ2v) is 4.19. The molecule has 0 aliphatic heterocycles. The normalized spacial score (nSPS) is 10.2. The standard InChI is InChI=1S/C15H17N3O/c16-9-3-11-18-15(19)13-7-5-12(6-8-13)14-4-1-2-10-17-14/h1-2,4-8,10H,3,9,11,16H2,(H,18,19). The molecule has 0 radical (unpaired) electrons. The van der Waals surface area contributed by atoms with E-state index in [4.69, 9.17) is 5.73 Å². The van der Waals surface area contributed by atoms with Crippen molar-refractivity contribution >= 4 is 5.91 Å². The summed E-state index contributed by atoms with van der Waals surface area (Å²) in [7, 11) is 0. The molecule has 4 nitrogen and oxygen atoms in total. The second-order valence-electron chi connectivity index (χ2n) is 4.19. The van der Waals surface area contributed by atoms with Crippen molar-refractivity contribution in [1.82, 2.24) is 10.3 Å². The van der Waals surface area contributed by atoms with Gasteiger partial charge >= 0.3 is 0 Å². The lowest BCUT2D eigenvalue weighted by Crippen LogP contribution is -2.25. The van der Waals surface area contributed by atoms with Gasteiger partial charge in [0, 0.05) is 23.9 Å². The van der Waals surface area contributed by atoms with E-state index in [2.05, 4.69) is 10.3 Å². The summed E-state index contributed by atoms with van der Waals surface area (Å²) in [5.41, 5.74) is 7.93. The fourth-order valence-electron chi connectivity index (χ4n) is 1.73. The number of benzene rings is 1. The summed E-state index contributed by atoms with van der Waals surface area (Å²) in [6.45, 7) is 1.19. The first-order valence-electron chi connectivity index (χ1n) is 6.31. The first kappa shape index (κ1) is 13.2. The van der Waals surface area contributed by atoms with E-state index >= 15 is 0 Å². The predicted molar refractivity (Wildman–Crippen MR) is 75.7 cm³/mol. The number of nitrogens with one attached hydrogen (secondary N) is 1. The van der Waals surface area contributed by atoms with Gasteiger partial charge in [-0.25, -0.2) is 0 Å². The van der Waals surface area contributed by atoms with Crippen molar-refractivity contribution in [3.8, 4) is 11.3 Å².